The molecule has 0 N–H and O–H groups in total. The second-order valence-electron chi connectivity index (χ2n) is 3.07. The fraction of sp³-hybridized carbons (Fsp3) is 0.222. The van der Waals surface area contributed by atoms with E-state index in [1.165, 1.54) is 0 Å². The fourth-order valence-electron chi connectivity index (χ4n) is 1.09. The molecule has 0 unspecified atom stereocenters. The number of alkyl halides is 3. The third-order valence-corrected chi connectivity index (χ3v) is 2.97. The molecule has 2 nitrogen and oxygen atoms in total. The highest BCUT2D eigenvalue weighted by atomic mass is 35.5. The highest BCUT2D eigenvalue weighted by Gasteiger charge is 2.31. The molecular weight excluding hydrogens is 301 g/mol. The largest absolute Gasteiger partial charge is 0.406 e. The molecule has 0 spiro atoms. The highest BCUT2D eigenvalue weighted by molar-refractivity contribution is 6.48. The molecule has 1 amide bonds. The van der Waals surface area contributed by atoms with Crippen LogP contribution in [-0.4, -0.2) is 19.1 Å². The van der Waals surface area contributed by atoms with Gasteiger partial charge in [-0.2, -0.15) is 13.2 Å². The number of carbonyl (C=O) groups is 1. The number of amides is 1. The van der Waals surface area contributed by atoms with E-state index in [1.807, 2.05) is 0 Å². The molecule has 0 fully saturated rings. The number of hydrogen-bond donors (Lipinski definition) is 0. The van der Waals surface area contributed by atoms with Crippen molar-refractivity contribution in [3.05, 3.63) is 27.2 Å². The summed E-state index contributed by atoms with van der Waals surface area (Å²) in [4.78, 5) is 11.0. The molecule has 1 aromatic carbocycles. The molecule has 0 bridgehead atoms. The van der Waals surface area contributed by atoms with Crippen molar-refractivity contribution in [2.24, 2.45) is 0 Å². The van der Waals surface area contributed by atoms with Gasteiger partial charge in [0.15, 0.2) is 0 Å². The van der Waals surface area contributed by atoms with Gasteiger partial charge in [-0.25, -0.2) is 0 Å². The van der Waals surface area contributed by atoms with E-state index in [9.17, 15) is 18.0 Å². The summed E-state index contributed by atoms with van der Waals surface area (Å²) in [6, 6.07) is 2.27. The molecule has 8 heteroatoms. The lowest BCUT2D eigenvalue weighted by Gasteiger charge is -2.20. The van der Waals surface area contributed by atoms with Crippen molar-refractivity contribution in [3.8, 4) is 0 Å². The molecule has 0 radical (unpaired) electrons. The molecule has 0 aliphatic heterocycles. The van der Waals surface area contributed by atoms with E-state index in [-0.39, 0.29) is 27.2 Å². The summed E-state index contributed by atoms with van der Waals surface area (Å²) in [5.74, 6) is 0. The lowest BCUT2D eigenvalue weighted by molar-refractivity contribution is -0.126. The highest BCUT2D eigenvalue weighted by Crippen LogP contribution is 2.35. The Morgan fingerprint density at radius 3 is 2.00 bits per heavy atom. The maximum absolute atomic E-state index is 12.2. The van der Waals surface area contributed by atoms with Crippen LogP contribution >= 0.6 is 34.8 Å². The van der Waals surface area contributed by atoms with Crippen LogP contribution in [0.15, 0.2) is 12.1 Å². The molecule has 0 atom stereocenters. The third-order valence-electron chi connectivity index (χ3n) is 1.78. The van der Waals surface area contributed by atoms with Crippen molar-refractivity contribution in [2.75, 3.05) is 11.4 Å². The molecule has 94 valence electrons. The Hall–Kier alpha value is -0.650. The number of benzene rings is 1. The normalized spacial score (nSPS) is 11.4. The summed E-state index contributed by atoms with van der Waals surface area (Å²) in [5, 5.41) is -0.0266. The zero-order valence-electron chi connectivity index (χ0n) is 8.06. The van der Waals surface area contributed by atoms with Crippen LogP contribution in [0.25, 0.3) is 0 Å². The number of anilines is 1. The van der Waals surface area contributed by atoms with Crippen LogP contribution in [0.2, 0.25) is 15.1 Å². The topological polar surface area (TPSA) is 20.3 Å². The molecule has 0 aliphatic carbocycles. The van der Waals surface area contributed by atoms with E-state index < -0.39 is 12.7 Å². The Morgan fingerprint density at radius 2 is 1.65 bits per heavy atom. The van der Waals surface area contributed by atoms with E-state index in [0.29, 0.717) is 4.90 Å². The third kappa shape index (κ3) is 3.94. The Morgan fingerprint density at radius 1 is 1.18 bits per heavy atom. The molecule has 0 heterocycles. The van der Waals surface area contributed by atoms with Gasteiger partial charge in [0.2, 0.25) is 6.41 Å². The quantitative estimate of drug-likeness (QED) is 0.606. The zero-order chi connectivity index (χ0) is 13.2. The van der Waals surface area contributed by atoms with Crippen molar-refractivity contribution >= 4 is 46.9 Å². The van der Waals surface area contributed by atoms with Gasteiger partial charge in [-0.15, -0.1) is 0 Å². The minimum absolute atomic E-state index is 0.0231. The molecule has 0 aliphatic rings. The predicted octanol–water partition coefficient (Wildman–Crippen LogP) is 4.17. The second-order valence-corrected chi connectivity index (χ2v) is 4.26. The molecule has 0 saturated heterocycles. The van der Waals surface area contributed by atoms with Gasteiger partial charge in [-0.1, -0.05) is 34.8 Å². The molecule has 1 aromatic rings. The van der Waals surface area contributed by atoms with Gasteiger partial charge in [0.1, 0.15) is 6.54 Å². The van der Waals surface area contributed by atoms with Crippen LogP contribution in [0, 0.1) is 0 Å². The molecule has 0 aromatic heterocycles. The van der Waals surface area contributed by atoms with E-state index in [1.54, 1.807) is 0 Å². The Bertz CT molecular complexity index is 413. The van der Waals surface area contributed by atoms with E-state index in [0.717, 1.165) is 12.1 Å². The van der Waals surface area contributed by atoms with Gasteiger partial charge in [-0.05, 0) is 12.1 Å². The van der Waals surface area contributed by atoms with Crippen LogP contribution in [0.1, 0.15) is 0 Å². The van der Waals surface area contributed by atoms with Crippen LogP contribution in [0.4, 0.5) is 18.9 Å². The van der Waals surface area contributed by atoms with Gasteiger partial charge in [-0.3, -0.25) is 4.79 Å². The molecular formula is C9H5Cl3F3NO. The van der Waals surface area contributed by atoms with Gasteiger partial charge < -0.3 is 4.90 Å². The molecule has 17 heavy (non-hydrogen) atoms. The summed E-state index contributed by atoms with van der Waals surface area (Å²) in [5.41, 5.74) is -0.0725. The first kappa shape index (κ1) is 14.4. The van der Waals surface area contributed by atoms with Crippen LogP contribution in [0.3, 0.4) is 0 Å². The van der Waals surface area contributed by atoms with Crippen molar-refractivity contribution in [2.45, 2.75) is 6.18 Å². The summed E-state index contributed by atoms with van der Waals surface area (Å²) >= 11 is 16.9. The summed E-state index contributed by atoms with van der Waals surface area (Å²) in [6.07, 6.45) is -4.47. The maximum atomic E-state index is 12.2. The lowest BCUT2D eigenvalue weighted by atomic mass is 10.3. The molecule has 1 rings (SSSR count). The minimum Gasteiger partial charge on any atom is -0.306 e. The second kappa shape index (κ2) is 5.33. The van der Waals surface area contributed by atoms with Crippen molar-refractivity contribution in [1.29, 1.82) is 0 Å². The first-order chi connectivity index (χ1) is 7.74. The Kier molecular flexibility index (Phi) is 4.52. The first-order valence-corrected chi connectivity index (χ1v) is 5.31. The predicted molar refractivity (Wildman–Crippen MR) is 60.9 cm³/mol. The minimum atomic E-state index is -4.51. The summed E-state index contributed by atoms with van der Waals surface area (Å²) in [7, 11) is 0. The van der Waals surface area contributed by atoms with Gasteiger partial charge in [0.25, 0.3) is 0 Å². The average Bonchev–Trinajstić information content (AvgIpc) is 2.20. The van der Waals surface area contributed by atoms with E-state index in [4.69, 9.17) is 34.8 Å². The monoisotopic (exact) mass is 305 g/mol. The number of halogens is 6. The number of rotatable bonds is 3. The van der Waals surface area contributed by atoms with E-state index in [2.05, 4.69) is 0 Å². The summed E-state index contributed by atoms with van der Waals surface area (Å²) in [6.45, 7) is -1.43. The first-order valence-electron chi connectivity index (χ1n) is 4.18. The smallest absolute Gasteiger partial charge is 0.306 e. The van der Waals surface area contributed by atoms with Crippen LogP contribution in [0.5, 0.6) is 0 Å². The van der Waals surface area contributed by atoms with Crippen LogP contribution in [-0.2, 0) is 4.79 Å². The summed E-state index contributed by atoms with van der Waals surface area (Å²) < 4.78 is 36.5. The maximum Gasteiger partial charge on any atom is 0.406 e. The Balaban J connectivity index is 3.09. The van der Waals surface area contributed by atoms with Gasteiger partial charge in [0.05, 0.1) is 15.1 Å². The van der Waals surface area contributed by atoms with Gasteiger partial charge >= 0.3 is 6.18 Å². The van der Waals surface area contributed by atoms with Crippen molar-refractivity contribution in [3.63, 3.8) is 0 Å². The fourth-order valence-corrected chi connectivity index (χ4v) is 1.68. The molecule has 0 saturated carbocycles. The van der Waals surface area contributed by atoms with E-state index >= 15 is 0 Å². The van der Waals surface area contributed by atoms with Gasteiger partial charge in [0, 0.05) is 5.69 Å². The SMILES string of the molecule is O=CN(CC(F)(F)F)c1cc(Cl)c(Cl)c(Cl)c1. The Labute approximate surface area is 110 Å². The van der Waals surface area contributed by atoms with Crippen LogP contribution < -0.4 is 4.90 Å². The standard InChI is InChI=1S/C9H5Cl3F3NO/c10-6-1-5(2-7(11)8(6)12)16(4-17)3-9(13,14)15/h1-2,4H,3H2. The average molecular weight is 306 g/mol. The lowest BCUT2D eigenvalue weighted by Crippen LogP contribution is -2.33. The van der Waals surface area contributed by atoms with Crippen molar-refractivity contribution in [1.82, 2.24) is 0 Å². The number of hydrogen-bond acceptors (Lipinski definition) is 1. The number of carbonyl (C=O) groups excluding carboxylic acids is 1. The number of nitrogens with zero attached hydrogens (tertiary/aromatic N) is 1. The van der Waals surface area contributed by atoms with Crippen molar-refractivity contribution < 1.29 is 18.0 Å². The zero-order valence-corrected chi connectivity index (χ0v) is 10.3.